The highest BCUT2D eigenvalue weighted by Crippen LogP contribution is 2.15. The van der Waals surface area contributed by atoms with Gasteiger partial charge in [-0.05, 0) is 18.1 Å². The molecule has 0 saturated heterocycles. The standard InChI is InChI=1S/C18H20N4/c1-15-7-9-16(10-8-15)11-20-18(12-22-14-19-13-21-22)17-5-3-2-4-6-17/h2-10,13-14,18,20H,11-12H2,1H3. The SMILES string of the molecule is Cc1ccc(CNC(Cn2cncn2)c2ccccc2)cc1. The number of nitrogens with zero attached hydrogens (tertiary/aromatic N) is 3. The molecule has 1 unspecified atom stereocenters. The maximum absolute atomic E-state index is 4.21. The summed E-state index contributed by atoms with van der Waals surface area (Å²) in [6.07, 6.45) is 3.32. The van der Waals surface area contributed by atoms with E-state index in [9.17, 15) is 0 Å². The van der Waals surface area contributed by atoms with Crippen LogP contribution in [0.5, 0.6) is 0 Å². The molecule has 0 fully saturated rings. The molecular formula is C18H20N4. The third kappa shape index (κ3) is 3.80. The van der Waals surface area contributed by atoms with Gasteiger partial charge in [-0.2, -0.15) is 5.10 Å². The molecule has 3 aromatic rings. The summed E-state index contributed by atoms with van der Waals surface area (Å²) in [7, 11) is 0. The van der Waals surface area contributed by atoms with Crippen LogP contribution in [0.25, 0.3) is 0 Å². The van der Waals surface area contributed by atoms with Crippen molar-refractivity contribution in [3.8, 4) is 0 Å². The van der Waals surface area contributed by atoms with E-state index >= 15 is 0 Å². The third-order valence-electron chi connectivity index (χ3n) is 3.71. The number of nitrogens with one attached hydrogen (secondary N) is 1. The zero-order valence-electron chi connectivity index (χ0n) is 12.7. The lowest BCUT2D eigenvalue weighted by Gasteiger charge is -2.19. The van der Waals surface area contributed by atoms with Crippen LogP contribution in [0.4, 0.5) is 0 Å². The van der Waals surface area contributed by atoms with Gasteiger partial charge in [0.15, 0.2) is 0 Å². The van der Waals surface area contributed by atoms with Crippen LogP contribution in [0.2, 0.25) is 0 Å². The van der Waals surface area contributed by atoms with Crippen LogP contribution < -0.4 is 5.32 Å². The fraction of sp³-hybridized carbons (Fsp3) is 0.222. The minimum absolute atomic E-state index is 0.198. The zero-order valence-corrected chi connectivity index (χ0v) is 12.7. The van der Waals surface area contributed by atoms with Gasteiger partial charge in [-0.3, -0.25) is 4.68 Å². The molecule has 1 N–H and O–H groups in total. The van der Waals surface area contributed by atoms with Crippen LogP contribution in [-0.4, -0.2) is 14.8 Å². The topological polar surface area (TPSA) is 42.7 Å². The van der Waals surface area contributed by atoms with Crippen molar-refractivity contribution in [3.63, 3.8) is 0 Å². The molecule has 0 bridgehead atoms. The van der Waals surface area contributed by atoms with Crippen LogP contribution in [0.15, 0.2) is 67.3 Å². The summed E-state index contributed by atoms with van der Waals surface area (Å²) in [5.41, 5.74) is 3.82. The largest absolute Gasteiger partial charge is 0.304 e. The van der Waals surface area contributed by atoms with Crippen LogP contribution >= 0.6 is 0 Å². The van der Waals surface area contributed by atoms with Crippen molar-refractivity contribution in [1.82, 2.24) is 20.1 Å². The number of aryl methyl sites for hydroxylation is 1. The summed E-state index contributed by atoms with van der Waals surface area (Å²) in [4.78, 5) is 4.02. The van der Waals surface area contributed by atoms with E-state index in [1.54, 1.807) is 12.7 Å². The van der Waals surface area contributed by atoms with Crippen molar-refractivity contribution in [2.45, 2.75) is 26.1 Å². The van der Waals surface area contributed by atoms with Gasteiger partial charge in [-0.15, -0.1) is 0 Å². The average Bonchev–Trinajstić information content (AvgIpc) is 3.07. The Morgan fingerprint density at radius 2 is 1.82 bits per heavy atom. The van der Waals surface area contributed by atoms with E-state index in [-0.39, 0.29) is 6.04 Å². The number of hydrogen-bond donors (Lipinski definition) is 1. The first-order chi connectivity index (χ1) is 10.8. The predicted molar refractivity (Wildman–Crippen MR) is 87.2 cm³/mol. The Morgan fingerprint density at radius 1 is 1.05 bits per heavy atom. The molecule has 1 aromatic heterocycles. The number of rotatable bonds is 6. The van der Waals surface area contributed by atoms with Gasteiger partial charge in [0.05, 0.1) is 12.6 Å². The second kappa shape index (κ2) is 7.00. The molecule has 0 amide bonds. The molecule has 0 radical (unpaired) electrons. The summed E-state index contributed by atoms with van der Waals surface area (Å²) in [5, 5.41) is 7.84. The summed E-state index contributed by atoms with van der Waals surface area (Å²) in [6.45, 7) is 3.69. The van der Waals surface area contributed by atoms with E-state index in [4.69, 9.17) is 0 Å². The molecule has 4 heteroatoms. The van der Waals surface area contributed by atoms with E-state index in [0.29, 0.717) is 0 Å². The molecule has 1 heterocycles. The van der Waals surface area contributed by atoms with Gasteiger partial charge in [0.1, 0.15) is 12.7 Å². The lowest BCUT2D eigenvalue weighted by molar-refractivity contribution is 0.436. The molecule has 0 aliphatic carbocycles. The Labute approximate surface area is 130 Å². The lowest BCUT2D eigenvalue weighted by atomic mass is 10.1. The van der Waals surface area contributed by atoms with Gasteiger partial charge in [-0.1, -0.05) is 60.2 Å². The van der Waals surface area contributed by atoms with Crippen molar-refractivity contribution in [1.29, 1.82) is 0 Å². The fourth-order valence-corrected chi connectivity index (χ4v) is 2.43. The summed E-state index contributed by atoms with van der Waals surface area (Å²) < 4.78 is 1.86. The van der Waals surface area contributed by atoms with Crippen LogP contribution in [0.1, 0.15) is 22.7 Å². The van der Waals surface area contributed by atoms with Gasteiger partial charge < -0.3 is 5.32 Å². The van der Waals surface area contributed by atoms with Crippen molar-refractivity contribution < 1.29 is 0 Å². The Morgan fingerprint density at radius 3 is 2.50 bits per heavy atom. The number of hydrogen-bond acceptors (Lipinski definition) is 3. The summed E-state index contributed by atoms with van der Waals surface area (Å²) in [6, 6.07) is 19.3. The second-order valence-corrected chi connectivity index (χ2v) is 5.45. The van der Waals surface area contributed by atoms with Gasteiger partial charge in [0.25, 0.3) is 0 Å². The monoisotopic (exact) mass is 292 g/mol. The highest BCUT2D eigenvalue weighted by molar-refractivity contribution is 5.22. The predicted octanol–water partition coefficient (Wildman–Crippen LogP) is 3.12. The summed E-state index contributed by atoms with van der Waals surface area (Å²) >= 11 is 0. The van der Waals surface area contributed by atoms with E-state index < -0.39 is 0 Å². The lowest BCUT2D eigenvalue weighted by Crippen LogP contribution is -2.25. The highest BCUT2D eigenvalue weighted by Gasteiger charge is 2.12. The first-order valence-corrected chi connectivity index (χ1v) is 7.47. The van der Waals surface area contributed by atoms with E-state index in [1.807, 2.05) is 10.7 Å². The molecule has 4 nitrogen and oxygen atoms in total. The molecule has 0 aliphatic rings. The Bertz CT molecular complexity index is 675. The zero-order chi connectivity index (χ0) is 15.2. The van der Waals surface area contributed by atoms with E-state index in [2.05, 4.69) is 70.9 Å². The Balaban J connectivity index is 1.72. The number of benzene rings is 2. The van der Waals surface area contributed by atoms with Gasteiger partial charge in [0, 0.05) is 6.54 Å². The minimum atomic E-state index is 0.198. The highest BCUT2D eigenvalue weighted by atomic mass is 15.3. The third-order valence-corrected chi connectivity index (χ3v) is 3.71. The number of aromatic nitrogens is 3. The Kier molecular flexibility index (Phi) is 4.61. The van der Waals surface area contributed by atoms with Crippen molar-refractivity contribution in [2.75, 3.05) is 0 Å². The van der Waals surface area contributed by atoms with Gasteiger partial charge >= 0.3 is 0 Å². The van der Waals surface area contributed by atoms with Gasteiger partial charge in [-0.25, -0.2) is 4.98 Å². The molecule has 0 spiro atoms. The Hall–Kier alpha value is -2.46. The molecule has 2 aromatic carbocycles. The fourth-order valence-electron chi connectivity index (χ4n) is 2.43. The first-order valence-electron chi connectivity index (χ1n) is 7.47. The quantitative estimate of drug-likeness (QED) is 0.759. The molecule has 0 saturated carbocycles. The molecule has 0 aliphatic heterocycles. The summed E-state index contributed by atoms with van der Waals surface area (Å²) in [5.74, 6) is 0. The van der Waals surface area contributed by atoms with Crippen molar-refractivity contribution >= 4 is 0 Å². The van der Waals surface area contributed by atoms with Gasteiger partial charge in [0.2, 0.25) is 0 Å². The molecule has 112 valence electrons. The maximum atomic E-state index is 4.21. The normalized spacial score (nSPS) is 12.2. The molecule has 1 atom stereocenters. The van der Waals surface area contributed by atoms with Crippen LogP contribution in [0.3, 0.4) is 0 Å². The average molecular weight is 292 g/mol. The minimum Gasteiger partial charge on any atom is -0.304 e. The van der Waals surface area contributed by atoms with E-state index in [0.717, 1.165) is 13.1 Å². The molecule has 3 rings (SSSR count). The van der Waals surface area contributed by atoms with Crippen molar-refractivity contribution in [2.24, 2.45) is 0 Å². The molecule has 22 heavy (non-hydrogen) atoms. The molecular weight excluding hydrogens is 272 g/mol. The van der Waals surface area contributed by atoms with Crippen molar-refractivity contribution in [3.05, 3.63) is 83.9 Å². The second-order valence-electron chi connectivity index (χ2n) is 5.45. The van der Waals surface area contributed by atoms with Crippen LogP contribution in [0, 0.1) is 6.92 Å². The smallest absolute Gasteiger partial charge is 0.137 e. The first kappa shape index (κ1) is 14.5. The van der Waals surface area contributed by atoms with Crippen LogP contribution in [-0.2, 0) is 13.1 Å². The maximum Gasteiger partial charge on any atom is 0.137 e. The van der Waals surface area contributed by atoms with E-state index in [1.165, 1.54) is 16.7 Å².